The lowest BCUT2D eigenvalue weighted by Crippen LogP contribution is -2.40. The molecule has 0 aromatic carbocycles. The second kappa shape index (κ2) is 5.42. The molecule has 0 radical (unpaired) electrons. The van der Waals surface area contributed by atoms with Crippen LogP contribution in [-0.4, -0.2) is 24.9 Å². The molecule has 92 valence electrons. The minimum Gasteiger partial charge on any atom is -0.317 e. The van der Waals surface area contributed by atoms with Crippen LogP contribution in [0.15, 0.2) is 11.4 Å². The molecule has 0 unspecified atom stereocenters. The smallest absolute Gasteiger partial charge is 0.268 e. The summed E-state index contributed by atoms with van der Waals surface area (Å²) in [5, 5.41) is 7.55. The van der Waals surface area contributed by atoms with E-state index in [0.717, 1.165) is 31.5 Å². The Labute approximate surface area is 104 Å². The number of hydrogen-bond donors (Lipinski definition) is 2. The Kier molecular flexibility index (Phi) is 3.91. The van der Waals surface area contributed by atoms with Crippen molar-refractivity contribution in [2.75, 3.05) is 13.1 Å². The van der Waals surface area contributed by atoms with Crippen molar-refractivity contribution in [3.63, 3.8) is 0 Å². The third-order valence-electron chi connectivity index (χ3n) is 3.01. The molecule has 0 aliphatic carbocycles. The van der Waals surface area contributed by atoms with Crippen molar-refractivity contribution in [1.29, 1.82) is 0 Å². The number of imide groups is 1. The third kappa shape index (κ3) is 2.92. The van der Waals surface area contributed by atoms with Gasteiger partial charge in [-0.15, -0.1) is 11.3 Å². The summed E-state index contributed by atoms with van der Waals surface area (Å²) in [5.41, 5.74) is 0.922. The van der Waals surface area contributed by atoms with Crippen LogP contribution >= 0.6 is 11.3 Å². The molecule has 5 heteroatoms. The van der Waals surface area contributed by atoms with Gasteiger partial charge in [-0.25, -0.2) is 0 Å². The Morgan fingerprint density at radius 2 is 2.12 bits per heavy atom. The van der Waals surface area contributed by atoms with Crippen molar-refractivity contribution in [3.05, 3.63) is 21.9 Å². The maximum absolute atomic E-state index is 11.9. The highest BCUT2D eigenvalue weighted by atomic mass is 32.1. The Bertz CT molecular complexity index is 422. The van der Waals surface area contributed by atoms with E-state index in [0.29, 0.717) is 4.88 Å². The maximum Gasteiger partial charge on any atom is 0.268 e. The van der Waals surface area contributed by atoms with Crippen LogP contribution in [-0.2, 0) is 4.79 Å². The van der Waals surface area contributed by atoms with Crippen molar-refractivity contribution < 1.29 is 9.59 Å². The Balaban J connectivity index is 1.94. The third-order valence-corrected chi connectivity index (χ3v) is 4.03. The van der Waals surface area contributed by atoms with E-state index in [2.05, 4.69) is 10.6 Å². The quantitative estimate of drug-likeness (QED) is 0.780. The Hall–Kier alpha value is -1.20. The number of nitrogens with one attached hydrogen (secondary N) is 2. The molecule has 1 aromatic rings. The molecule has 4 nitrogen and oxygen atoms in total. The van der Waals surface area contributed by atoms with E-state index in [4.69, 9.17) is 0 Å². The molecule has 2 heterocycles. The van der Waals surface area contributed by atoms with Gasteiger partial charge in [0.1, 0.15) is 0 Å². The zero-order chi connectivity index (χ0) is 12.3. The van der Waals surface area contributed by atoms with E-state index < -0.39 is 0 Å². The first-order chi connectivity index (χ1) is 8.18. The van der Waals surface area contributed by atoms with Crippen molar-refractivity contribution >= 4 is 23.2 Å². The van der Waals surface area contributed by atoms with Crippen molar-refractivity contribution in [1.82, 2.24) is 10.6 Å². The van der Waals surface area contributed by atoms with Crippen LogP contribution in [0.25, 0.3) is 0 Å². The lowest BCUT2D eigenvalue weighted by molar-refractivity contribution is -0.124. The average Bonchev–Trinajstić information content (AvgIpc) is 2.76. The van der Waals surface area contributed by atoms with Gasteiger partial charge in [0.05, 0.1) is 4.88 Å². The summed E-state index contributed by atoms with van der Waals surface area (Å²) in [7, 11) is 0. The van der Waals surface area contributed by atoms with Gasteiger partial charge in [-0.3, -0.25) is 14.9 Å². The van der Waals surface area contributed by atoms with E-state index in [1.807, 2.05) is 18.4 Å². The van der Waals surface area contributed by atoms with Gasteiger partial charge >= 0.3 is 0 Å². The monoisotopic (exact) mass is 252 g/mol. The maximum atomic E-state index is 11.9. The van der Waals surface area contributed by atoms with E-state index in [1.54, 1.807) is 0 Å². The van der Waals surface area contributed by atoms with Gasteiger partial charge in [-0.05, 0) is 49.9 Å². The number of rotatable bonds is 2. The number of aryl methyl sites for hydroxylation is 1. The summed E-state index contributed by atoms with van der Waals surface area (Å²) in [5.74, 6) is -0.425. The highest BCUT2D eigenvalue weighted by Gasteiger charge is 2.23. The first kappa shape index (κ1) is 12.3. The molecule has 0 saturated carbocycles. The second-order valence-corrected chi connectivity index (χ2v) is 5.19. The standard InChI is InChI=1S/C12H16N2O2S/c1-8-4-7-17-10(8)12(16)14-11(15)9-2-5-13-6-3-9/h4,7,9,13H,2-3,5-6H2,1H3,(H,14,15,16). The van der Waals surface area contributed by atoms with Gasteiger partial charge in [0.25, 0.3) is 5.91 Å². The fraction of sp³-hybridized carbons (Fsp3) is 0.500. The molecule has 1 aliphatic heterocycles. The molecular weight excluding hydrogens is 236 g/mol. The summed E-state index contributed by atoms with van der Waals surface area (Å²) >= 11 is 1.37. The molecule has 1 aliphatic rings. The summed E-state index contributed by atoms with van der Waals surface area (Å²) in [6.45, 7) is 3.58. The molecular formula is C12H16N2O2S. The minimum absolute atomic E-state index is 0.0273. The average molecular weight is 252 g/mol. The largest absolute Gasteiger partial charge is 0.317 e. The first-order valence-electron chi connectivity index (χ1n) is 5.78. The number of hydrogen-bond acceptors (Lipinski definition) is 4. The van der Waals surface area contributed by atoms with E-state index in [9.17, 15) is 9.59 Å². The van der Waals surface area contributed by atoms with Gasteiger partial charge in [-0.1, -0.05) is 0 Å². The molecule has 17 heavy (non-hydrogen) atoms. The zero-order valence-corrected chi connectivity index (χ0v) is 10.6. The molecule has 2 N–H and O–H groups in total. The predicted molar refractivity (Wildman–Crippen MR) is 67.1 cm³/mol. The second-order valence-electron chi connectivity index (χ2n) is 4.28. The lowest BCUT2D eigenvalue weighted by atomic mass is 9.97. The van der Waals surface area contributed by atoms with Crippen molar-refractivity contribution in [2.45, 2.75) is 19.8 Å². The molecule has 1 aromatic heterocycles. The fourth-order valence-corrected chi connectivity index (χ4v) is 2.78. The van der Waals surface area contributed by atoms with Gasteiger partial charge in [0, 0.05) is 5.92 Å². The number of amides is 2. The van der Waals surface area contributed by atoms with Crippen LogP contribution in [0.2, 0.25) is 0 Å². The van der Waals surface area contributed by atoms with E-state index >= 15 is 0 Å². The highest BCUT2D eigenvalue weighted by Crippen LogP contribution is 2.16. The molecule has 2 rings (SSSR count). The number of piperidine rings is 1. The summed E-state index contributed by atoms with van der Waals surface area (Å²) < 4.78 is 0. The lowest BCUT2D eigenvalue weighted by Gasteiger charge is -2.21. The number of thiophene rings is 1. The summed E-state index contributed by atoms with van der Waals surface area (Å²) in [4.78, 5) is 24.3. The van der Waals surface area contributed by atoms with Crippen LogP contribution in [0.5, 0.6) is 0 Å². The first-order valence-corrected chi connectivity index (χ1v) is 6.66. The molecule has 1 fully saturated rings. The normalized spacial score (nSPS) is 16.8. The Morgan fingerprint density at radius 3 is 2.71 bits per heavy atom. The van der Waals surface area contributed by atoms with Gasteiger partial charge in [0.15, 0.2) is 0 Å². The van der Waals surface area contributed by atoms with E-state index in [1.165, 1.54) is 11.3 Å². The SMILES string of the molecule is Cc1ccsc1C(=O)NC(=O)C1CCNCC1. The molecule has 2 amide bonds. The number of carbonyl (C=O) groups excluding carboxylic acids is 2. The summed E-state index contributed by atoms with van der Waals surface area (Å²) in [6, 6.07) is 1.88. The van der Waals surface area contributed by atoms with E-state index in [-0.39, 0.29) is 17.7 Å². The topological polar surface area (TPSA) is 58.2 Å². The predicted octanol–water partition coefficient (Wildman–Crippen LogP) is 1.31. The Morgan fingerprint density at radius 1 is 1.41 bits per heavy atom. The van der Waals surface area contributed by atoms with Gasteiger partial charge < -0.3 is 5.32 Å². The number of carbonyl (C=O) groups is 2. The van der Waals surface area contributed by atoms with Gasteiger partial charge in [0.2, 0.25) is 5.91 Å². The van der Waals surface area contributed by atoms with Crippen LogP contribution in [0, 0.1) is 12.8 Å². The highest BCUT2D eigenvalue weighted by molar-refractivity contribution is 7.12. The van der Waals surface area contributed by atoms with Crippen molar-refractivity contribution in [3.8, 4) is 0 Å². The van der Waals surface area contributed by atoms with Crippen LogP contribution in [0.4, 0.5) is 0 Å². The zero-order valence-electron chi connectivity index (χ0n) is 9.79. The fourth-order valence-electron chi connectivity index (χ4n) is 1.96. The minimum atomic E-state index is -0.263. The molecule has 0 atom stereocenters. The van der Waals surface area contributed by atoms with Crippen LogP contribution < -0.4 is 10.6 Å². The van der Waals surface area contributed by atoms with Gasteiger partial charge in [-0.2, -0.15) is 0 Å². The van der Waals surface area contributed by atoms with Crippen LogP contribution in [0.3, 0.4) is 0 Å². The molecule has 0 bridgehead atoms. The molecule has 0 spiro atoms. The summed E-state index contributed by atoms with van der Waals surface area (Å²) in [6.07, 6.45) is 1.62. The van der Waals surface area contributed by atoms with Crippen LogP contribution in [0.1, 0.15) is 28.1 Å². The van der Waals surface area contributed by atoms with Crippen molar-refractivity contribution in [2.24, 2.45) is 5.92 Å². The molecule has 1 saturated heterocycles.